The molecule has 1 amide bonds. The number of carbonyl (C=O) groups is 1. The maximum atomic E-state index is 12.5. The second kappa shape index (κ2) is 7.92. The Morgan fingerprint density at radius 1 is 1.04 bits per heavy atom. The highest BCUT2D eigenvalue weighted by atomic mass is 16.5. The van der Waals surface area contributed by atoms with E-state index in [-0.39, 0.29) is 11.6 Å². The van der Waals surface area contributed by atoms with E-state index in [4.69, 9.17) is 4.74 Å². The fourth-order valence-corrected chi connectivity index (χ4v) is 2.26. The Hall–Kier alpha value is -3.41. The normalized spacial score (nSPS) is 10.1. The van der Waals surface area contributed by atoms with E-state index in [0.29, 0.717) is 23.9 Å². The second-order valence-electron chi connectivity index (χ2n) is 5.16. The molecule has 6 nitrogen and oxygen atoms in total. The summed E-state index contributed by atoms with van der Waals surface area (Å²) in [4.78, 5) is 20.7. The number of hydrogen-bond acceptors (Lipinski definition) is 5. The van der Waals surface area contributed by atoms with Gasteiger partial charge in [0.05, 0.1) is 12.3 Å². The summed E-state index contributed by atoms with van der Waals surface area (Å²) in [5.41, 5.74) is 1.75. The van der Waals surface area contributed by atoms with Crippen LogP contribution in [0.15, 0.2) is 67.0 Å². The van der Waals surface area contributed by atoms with Crippen LogP contribution in [0.5, 0.6) is 5.75 Å². The lowest BCUT2D eigenvalue weighted by molar-refractivity contribution is 0.102. The van der Waals surface area contributed by atoms with Crippen molar-refractivity contribution in [2.75, 3.05) is 17.2 Å². The van der Waals surface area contributed by atoms with Crippen LogP contribution in [0, 0.1) is 0 Å². The second-order valence-corrected chi connectivity index (χ2v) is 5.16. The monoisotopic (exact) mass is 334 g/mol. The lowest BCUT2D eigenvalue weighted by Gasteiger charge is -2.11. The van der Waals surface area contributed by atoms with Gasteiger partial charge in [0, 0.05) is 11.8 Å². The summed E-state index contributed by atoms with van der Waals surface area (Å²) in [6.07, 6.45) is 1.36. The van der Waals surface area contributed by atoms with Crippen molar-refractivity contribution in [1.82, 2.24) is 9.97 Å². The molecule has 0 saturated carbocycles. The van der Waals surface area contributed by atoms with Crippen LogP contribution >= 0.6 is 0 Å². The minimum Gasteiger partial charge on any atom is -0.492 e. The molecule has 0 fully saturated rings. The maximum absolute atomic E-state index is 12.5. The summed E-state index contributed by atoms with van der Waals surface area (Å²) in [7, 11) is 0. The highest BCUT2D eigenvalue weighted by Crippen LogP contribution is 2.24. The summed E-state index contributed by atoms with van der Waals surface area (Å²) in [6.45, 7) is 2.41. The van der Waals surface area contributed by atoms with Gasteiger partial charge in [0.15, 0.2) is 0 Å². The van der Waals surface area contributed by atoms with Crippen molar-refractivity contribution >= 4 is 23.1 Å². The Morgan fingerprint density at radius 3 is 2.60 bits per heavy atom. The third-order valence-electron chi connectivity index (χ3n) is 3.38. The first kappa shape index (κ1) is 16.4. The van der Waals surface area contributed by atoms with Gasteiger partial charge >= 0.3 is 0 Å². The molecule has 0 aliphatic heterocycles. The lowest BCUT2D eigenvalue weighted by Crippen LogP contribution is -2.15. The van der Waals surface area contributed by atoms with Crippen LogP contribution in [0.4, 0.5) is 17.2 Å². The van der Waals surface area contributed by atoms with E-state index in [9.17, 15) is 4.79 Å². The number of benzene rings is 2. The van der Waals surface area contributed by atoms with Crippen molar-refractivity contribution in [3.05, 3.63) is 72.7 Å². The van der Waals surface area contributed by atoms with Gasteiger partial charge in [-0.25, -0.2) is 9.97 Å². The van der Waals surface area contributed by atoms with Crippen LogP contribution in [0.25, 0.3) is 0 Å². The number of anilines is 3. The van der Waals surface area contributed by atoms with Crippen molar-refractivity contribution in [1.29, 1.82) is 0 Å². The summed E-state index contributed by atoms with van der Waals surface area (Å²) in [5, 5.41) is 5.96. The number of para-hydroxylation sites is 3. The molecule has 0 aliphatic carbocycles. The van der Waals surface area contributed by atoms with E-state index >= 15 is 0 Å². The van der Waals surface area contributed by atoms with Crippen molar-refractivity contribution in [2.24, 2.45) is 0 Å². The molecule has 0 atom stereocenters. The highest BCUT2D eigenvalue weighted by Gasteiger charge is 2.12. The Balaban J connectivity index is 1.76. The lowest BCUT2D eigenvalue weighted by atomic mass is 10.2. The molecule has 2 N–H and O–H groups in total. The molecule has 0 unspecified atom stereocenters. The van der Waals surface area contributed by atoms with E-state index in [1.807, 2.05) is 55.5 Å². The SMILES string of the molecule is CCOc1ccccc1NC(=O)c1cc(Nc2ccccc2)ncn1. The number of nitrogens with one attached hydrogen (secondary N) is 2. The summed E-state index contributed by atoms with van der Waals surface area (Å²) >= 11 is 0. The number of aromatic nitrogens is 2. The van der Waals surface area contributed by atoms with Crippen molar-refractivity contribution in [2.45, 2.75) is 6.92 Å². The molecule has 2 aromatic carbocycles. The average molecular weight is 334 g/mol. The molecule has 0 radical (unpaired) electrons. The molecular weight excluding hydrogens is 316 g/mol. The first-order valence-electron chi connectivity index (χ1n) is 7.93. The van der Waals surface area contributed by atoms with E-state index in [1.165, 1.54) is 6.33 Å². The first-order chi connectivity index (χ1) is 12.3. The molecule has 0 saturated heterocycles. The zero-order valence-corrected chi connectivity index (χ0v) is 13.8. The van der Waals surface area contributed by atoms with Crippen LogP contribution in [-0.2, 0) is 0 Å². The average Bonchev–Trinajstić information content (AvgIpc) is 2.64. The molecular formula is C19H18N4O2. The minimum absolute atomic E-state index is 0.264. The van der Waals surface area contributed by atoms with Crippen molar-refractivity contribution in [3.8, 4) is 5.75 Å². The molecule has 6 heteroatoms. The highest BCUT2D eigenvalue weighted by molar-refractivity contribution is 6.04. The molecule has 0 bridgehead atoms. The maximum Gasteiger partial charge on any atom is 0.274 e. The number of ether oxygens (including phenoxy) is 1. The zero-order chi connectivity index (χ0) is 17.5. The Bertz CT molecular complexity index is 853. The summed E-state index contributed by atoms with van der Waals surface area (Å²) in [5.74, 6) is 0.838. The quantitative estimate of drug-likeness (QED) is 0.715. The zero-order valence-electron chi connectivity index (χ0n) is 13.8. The molecule has 1 heterocycles. The minimum atomic E-state index is -0.328. The topological polar surface area (TPSA) is 76.1 Å². The van der Waals surface area contributed by atoms with E-state index < -0.39 is 0 Å². The van der Waals surface area contributed by atoms with Crippen molar-refractivity contribution < 1.29 is 9.53 Å². The Morgan fingerprint density at radius 2 is 1.80 bits per heavy atom. The largest absolute Gasteiger partial charge is 0.492 e. The third kappa shape index (κ3) is 4.32. The number of rotatable bonds is 6. The standard InChI is InChI=1S/C19H18N4O2/c1-2-25-17-11-7-6-10-15(17)23-19(24)16-12-18(21-13-20-16)22-14-8-4-3-5-9-14/h3-13H,2H2,1H3,(H,23,24)(H,20,21,22). The van der Waals surface area contributed by atoms with E-state index in [0.717, 1.165) is 5.69 Å². The van der Waals surface area contributed by atoms with Gasteiger partial charge in [0.2, 0.25) is 0 Å². The number of amides is 1. The van der Waals surface area contributed by atoms with Gasteiger partial charge in [-0.05, 0) is 31.2 Å². The van der Waals surface area contributed by atoms with Crippen LogP contribution in [0.1, 0.15) is 17.4 Å². The number of carbonyl (C=O) groups excluding carboxylic acids is 1. The fourth-order valence-electron chi connectivity index (χ4n) is 2.26. The number of hydrogen-bond donors (Lipinski definition) is 2. The third-order valence-corrected chi connectivity index (χ3v) is 3.38. The molecule has 126 valence electrons. The van der Waals surface area contributed by atoms with Crippen molar-refractivity contribution in [3.63, 3.8) is 0 Å². The van der Waals surface area contributed by atoms with Gasteiger partial charge in [-0.3, -0.25) is 4.79 Å². The molecule has 25 heavy (non-hydrogen) atoms. The molecule has 1 aromatic heterocycles. The van der Waals surface area contributed by atoms with Gasteiger partial charge in [-0.15, -0.1) is 0 Å². The van der Waals surface area contributed by atoms with E-state index in [1.54, 1.807) is 12.1 Å². The fraction of sp³-hybridized carbons (Fsp3) is 0.105. The number of nitrogens with zero attached hydrogens (tertiary/aromatic N) is 2. The van der Waals surface area contributed by atoms with Gasteiger partial charge in [-0.1, -0.05) is 30.3 Å². The predicted molar refractivity (Wildman–Crippen MR) is 97.3 cm³/mol. The smallest absolute Gasteiger partial charge is 0.274 e. The van der Waals surface area contributed by atoms with Crippen LogP contribution in [-0.4, -0.2) is 22.5 Å². The molecule has 3 aromatic rings. The Kier molecular flexibility index (Phi) is 5.21. The molecule has 3 rings (SSSR count). The van der Waals surface area contributed by atoms with Gasteiger partial charge in [-0.2, -0.15) is 0 Å². The first-order valence-corrected chi connectivity index (χ1v) is 7.93. The van der Waals surface area contributed by atoms with Crippen LogP contribution in [0.2, 0.25) is 0 Å². The molecule has 0 spiro atoms. The van der Waals surface area contributed by atoms with Crippen LogP contribution in [0.3, 0.4) is 0 Å². The van der Waals surface area contributed by atoms with Gasteiger partial charge in [0.1, 0.15) is 23.6 Å². The molecule has 0 aliphatic rings. The summed E-state index contributed by atoms with van der Waals surface area (Å²) < 4.78 is 5.52. The Labute approximate surface area is 145 Å². The van der Waals surface area contributed by atoms with E-state index in [2.05, 4.69) is 20.6 Å². The van der Waals surface area contributed by atoms with Gasteiger partial charge in [0.25, 0.3) is 5.91 Å². The summed E-state index contributed by atoms with van der Waals surface area (Å²) in [6, 6.07) is 18.5. The van der Waals surface area contributed by atoms with Crippen LogP contribution < -0.4 is 15.4 Å². The van der Waals surface area contributed by atoms with Gasteiger partial charge < -0.3 is 15.4 Å². The predicted octanol–water partition coefficient (Wildman–Crippen LogP) is 3.87.